The van der Waals surface area contributed by atoms with Crippen LogP contribution in [0.2, 0.25) is 0 Å². The van der Waals surface area contributed by atoms with Crippen molar-refractivity contribution in [3.05, 3.63) is 64.1 Å². The number of carbonyl (C=O) groups excluding carboxylic acids is 3. The Morgan fingerprint density at radius 3 is 2.27 bits per heavy atom. The summed E-state index contributed by atoms with van der Waals surface area (Å²) < 4.78 is 5.98. The van der Waals surface area contributed by atoms with Gasteiger partial charge in [0.1, 0.15) is 0 Å². The first-order chi connectivity index (χ1) is 12.5. The standard InChI is InChI=1S/C20H20BrNO4/c1-2-3-19(24)22-17-10-6-15(7-11-17)18(23)13-26-20(25)12-14-4-8-16(21)9-5-14/h4-11H,2-3,12-13H2,1H3,(H,22,24). The Hall–Kier alpha value is -2.47. The van der Waals surface area contributed by atoms with Crippen LogP contribution >= 0.6 is 15.9 Å². The molecule has 26 heavy (non-hydrogen) atoms. The summed E-state index contributed by atoms with van der Waals surface area (Å²) in [5.74, 6) is -0.807. The monoisotopic (exact) mass is 417 g/mol. The molecule has 1 N–H and O–H groups in total. The lowest BCUT2D eigenvalue weighted by Gasteiger charge is -2.07. The second-order valence-corrected chi connectivity index (χ2v) is 6.68. The van der Waals surface area contributed by atoms with E-state index in [2.05, 4.69) is 21.2 Å². The van der Waals surface area contributed by atoms with Crippen LogP contribution in [0.25, 0.3) is 0 Å². The van der Waals surface area contributed by atoms with Crippen molar-refractivity contribution in [2.24, 2.45) is 0 Å². The van der Waals surface area contributed by atoms with Gasteiger partial charge in [-0.15, -0.1) is 0 Å². The molecule has 0 fully saturated rings. The summed E-state index contributed by atoms with van der Waals surface area (Å²) in [5.41, 5.74) is 1.87. The molecule has 0 radical (unpaired) electrons. The summed E-state index contributed by atoms with van der Waals surface area (Å²) in [6, 6.07) is 13.8. The first-order valence-electron chi connectivity index (χ1n) is 8.31. The number of anilines is 1. The Labute approximate surface area is 160 Å². The van der Waals surface area contributed by atoms with E-state index in [0.29, 0.717) is 17.7 Å². The van der Waals surface area contributed by atoms with Crippen LogP contribution in [0.1, 0.15) is 35.7 Å². The molecule has 0 heterocycles. The van der Waals surface area contributed by atoms with Crippen molar-refractivity contribution < 1.29 is 19.1 Å². The van der Waals surface area contributed by atoms with Gasteiger partial charge in [0.15, 0.2) is 12.4 Å². The van der Waals surface area contributed by atoms with E-state index in [-0.39, 0.29) is 24.7 Å². The van der Waals surface area contributed by atoms with Gasteiger partial charge in [0.05, 0.1) is 6.42 Å². The number of amides is 1. The Balaban J connectivity index is 1.82. The maximum absolute atomic E-state index is 12.1. The van der Waals surface area contributed by atoms with Crippen molar-refractivity contribution >= 4 is 39.3 Å². The van der Waals surface area contributed by atoms with Crippen LogP contribution in [0.15, 0.2) is 53.0 Å². The van der Waals surface area contributed by atoms with Gasteiger partial charge in [-0.3, -0.25) is 14.4 Å². The van der Waals surface area contributed by atoms with Gasteiger partial charge in [-0.2, -0.15) is 0 Å². The van der Waals surface area contributed by atoms with Gasteiger partial charge in [0, 0.05) is 22.1 Å². The number of rotatable bonds is 8. The zero-order chi connectivity index (χ0) is 18.9. The summed E-state index contributed by atoms with van der Waals surface area (Å²) in [5, 5.41) is 2.75. The first kappa shape index (κ1) is 19.8. The molecule has 0 bridgehead atoms. The highest BCUT2D eigenvalue weighted by atomic mass is 79.9. The number of esters is 1. The summed E-state index contributed by atoms with van der Waals surface area (Å²) in [6.07, 6.45) is 1.34. The zero-order valence-corrected chi connectivity index (χ0v) is 16.0. The first-order valence-corrected chi connectivity index (χ1v) is 9.10. The molecule has 2 aromatic carbocycles. The van der Waals surface area contributed by atoms with Gasteiger partial charge < -0.3 is 10.1 Å². The Bertz CT molecular complexity index is 769. The van der Waals surface area contributed by atoms with Crippen LogP contribution in [0, 0.1) is 0 Å². The maximum atomic E-state index is 12.1. The summed E-state index contributed by atoms with van der Waals surface area (Å²) >= 11 is 3.33. The SMILES string of the molecule is CCCC(=O)Nc1ccc(C(=O)COC(=O)Cc2ccc(Br)cc2)cc1. The molecule has 0 saturated heterocycles. The zero-order valence-electron chi connectivity index (χ0n) is 14.5. The van der Waals surface area contributed by atoms with Crippen molar-refractivity contribution in [2.75, 3.05) is 11.9 Å². The number of benzene rings is 2. The number of hydrogen-bond acceptors (Lipinski definition) is 4. The molecule has 2 aromatic rings. The number of carbonyl (C=O) groups is 3. The lowest BCUT2D eigenvalue weighted by atomic mass is 10.1. The highest BCUT2D eigenvalue weighted by Gasteiger charge is 2.11. The van der Waals surface area contributed by atoms with Crippen molar-refractivity contribution in [3.63, 3.8) is 0 Å². The van der Waals surface area contributed by atoms with Crippen LogP contribution < -0.4 is 5.32 Å². The minimum Gasteiger partial charge on any atom is -0.457 e. The van der Waals surface area contributed by atoms with Crippen molar-refractivity contribution in [1.82, 2.24) is 0 Å². The number of hydrogen-bond donors (Lipinski definition) is 1. The van der Waals surface area contributed by atoms with Crippen molar-refractivity contribution in [1.29, 1.82) is 0 Å². The second-order valence-electron chi connectivity index (χ2n) is 5.76. The number of nitrogens with one attached hydrogen (secondary N) is 1. The molecule has 0 aliphatic carbocycles. The normalized spacial score (nSPS) is 10.2. The number of halogens is 1. The van der Waals surface area contributed by atoms with E-state index in [1.54, 1.807) is 24.3 Å². The molecule has 0 unspecified atom stereocenters. The highest BCUT2D eigenvalue weighted by Crippen LogP contribution is 2.13. The Kier molecular flexibility index (Phi) is 7.53. The molecular formula is C20H20BrNO4. The van der Waals surface area contributed by atoms with Crippen LogP contribution in [-0.4, -0.2) is 24.3 Å². The van der Waals surface area contributed by atoms with E-state index in [9.17, 15) is 14.4 Å². The molecule has 136 valence electrons. The van der Waals surface area contributed by atoms with E-state index in [1.807, 2.05) is 31.2 Å². The number of ketones is 1. The van der Waals surface area contributed by atoms with Crippen molar-refractivity contribution in [3.8, 4) is 0 Å². The van der Waals surface area contributed by atoms with E-state index < -0.39 is 5.97 Å². The molecule has 0 aliphatic rings. The van der Waals surface area contributed by atoms with E-state index in [4.69, 9.17) is 4.74 Å². The average molecular weight is 418 g/mol. The molecule has 0 aromatic heterocycles. The van der Waals surface area contributed by atoms with Crippen LogP contribution in [0.4, 0.5) is 5.69 Å². The topological polar surface area (TPSA) is 72.5 Å². The minimum absolute atomic E-state index is 0.0616. The molecule has 0 saturated carbocycles. The molecular weight excluding hydrogens is 398 g/mol. The largest absolute Gasteiger partial charge is 0.457 e. The van der Waals surface area contributed by atoms with Crippen LogP contribution in [0.5, 0.6) is 0 Å². The fraction of sp³-hybridized carbons (Fsp3) is 0.250. The molecule has 0 atom stereocenters. The van der Waals surface area contributed by atoms with Gasteiger partial charge in [0.2, 0.25) is 5.91 Å². The summed E-state index contributed by atoms with van der Waals surface area (Å²) in [7, 11) is 0. The molecule has 0 spiro atoms. The van der Waals surface area contributed by atoms with E-state index >= 15 is 0 Å². The lowest BCUT2D eigenvalue weighted by Crippen LogP contribution is -2.16. The molecule has 6 heteroatoms. The van der Waals surface area contributed by atoms with E-state index in [0.717, 1.165) is 16.5 Å². The molecule has 1 amide bonds. The fourth-order valence-corrected chi connectivity index (χ4v) is 2.50. The third-order valence-electron chi connectivity index (χ3n) is 3.59. The average Bonchev–Trinajstić information content (AvgIpc) is 2.62. The smallest absolute Gasteiger partial charge is 0.310 e. The molecule has 0 aliphatic heterocycles. The predicted octanol–water partition coefficient (Wildman–Crippen LogP) is 4.16. The van der Waals surface area contributed by atoms with Gasteiger partial charge in [-0.25, -0.2) is 0 Å². The van der Waals surface area contributed by atoms with Gasteiger partial charge in [0.25, 0.3) is 0 Å². The summed E-state index contributed by atoms with van der Waals surface area (Å²) in [4.78, 5) is 35.5. The molecule has 2 rings (SSSR count). The molecule has 5 nitrogen and oxygen atoms in total. The van der Waals surface area contributed by atoms with Crippen LogP contribution in [-0.2, 0) is 20.7 Å². The fourth-order valence-electron chi connectivity index (χ4n) is 2.24. The minimum atomic E-state index is -0.455. The van der Waals surface area contributed by atoms with Crippen LogP contribution in [0.3, 0.4) is 0 Å². The lowest BCUT2D eigenvalue weighted by molar-refractivity contribution is -0.141. The second kappa shape index (κ2) is 9.87. The maximum Gasteiger partial charge on any atom is 0.310 e. The Morgan fingerprint density at radius 1 is 1.00 bits per heavy atom. The highest BCUT2D eigenvalue weighted by molar-refractivity contribution is 9.10. The van der Waals surface area contributed by atoms with E-state index in [1.165, 1.54) is 0 Å². The predicted molar refractivity (Wildman–Crippen MR) is 103 cm³/mol. The quantitative estimate of drug-likeness (QED) is 0.516. The van der Waals surface area contributed by atoms with Gasteiger partial charge in [-0.05, 0) is 48.4 Å². The number of Topliss-reactive ketones (excluding diaryl/α,β-unsaturated/α-hetero) is 1. The Morgan fingerprint density at radius 2 is 1.65 bits per heavy atom. The van der Waals surface area contributed by atoms with Gasteiger partial charge >= 0.3 is 5.97 Å². The van der Waals surface area contributed by atoms with Gasteiger partial charge in [-0.1, -0.05) is 35.0 Å². The third kappa shape index (κ3) is 6.44. The van der Waals surface area contributed by atoms with Crippen molar-refractivity contribution in [2.45, 2.75) is 26.2 Å². The third-order valence-corrected chi connectivity index (χ3v) is 4.12. The number of ether oxygens (including phenoxy) is 1. The summed E-state index contributed by atoms with van der Waals surface area (Å²) in [6.45, 7) is 1.62.